The van der Waals surface area contributed by atoms with Crippen molar-refractivity contribution >= 4 is 12.2 Å². The SMILES string of the molecule is Cc1cccc(/C=C/c2cccc3c2CCN(Cc2cncn2Cc2ccc(C#N)cc2)C3)c1. The lowest BCUT2D eigenvalue weighted by atomic mass is 9.94. The fourth-order valence-electron chi connectivity index (χ4n) is 4.68. The third-order valence-electron chi connectivity index (χ3n) is 6.50. The Morgan fingerprint density at radius 3 is 2.68 bits per heavy atom. The van der Waals surface area contributed by atoms with Crippen LogP contribution in [0, 0.1) is 18.3 Å². The van der Waals surface area contributed by atoms with E-state index in [-0.39, 0.29) is 0 Å². The minimum absolute atomic E-state index is 0.690. The highest BCUT2D eigenvalue weighted by Gasteiger charge is 2.19. The summed E-state index contributed by atoms with van der Waals surface area (Å²) < 4.78 is 2.21. The molecule has 0 unspecified atom stereocenters. The Bertz CT molecular complexity index is 1360. The van der Waals surface area contributed by atoms with Crippen LogP contribution in [-0.4, -0.2) is 21.0 Å². The number of rotatable bonds is 6. The second kappa shape index (κ2) is 9.91. The highest BCUT2D eigenvalue weighted by molar-refractivity contribution is 5.72. The third kappa shape index (κ3) is 5.01. The van der Waals surface area contributed by atoms with Gasteiger partial charge in [0.2, 0.25) is 0 Å². The lowest BCUT2D eigenvalue weighted by Crippen LogP contribution is -2.31. The van der Waals surface area contributed by atoms with E-state index in [1.165, 1.54) is 39.1 Å². The molecule has 4 nitrogen and oxygen atoms in total. The largest absolute Gasteiger partial charge is 0.329 e. The lowest BCUT2D eigenvalue weighted by Gasteiger charge is -2.30. The molecule has 0 atom stereocenters. The van der Waals surface area contributed by atoms with Crippen LogP contribution in [0.3, 0.4) is 0 Å². The molecule has 0 amide bonds. The van der Waals surface area contributed by atoms with Crippen LogP contribution in [0.15, 0.2) is 79.3 Å². The number of hydrogen-bond acceptors (Lipinski definition) is 3. The van der Waals surface area contributed by atoms with Crippen LogP contribution >= 0.6 is 0 Å². The van der Waals surface area contributed by atoms with Gasteiger partial charge in [0.05, 0.1) is 23.7 Å². The Morgan fingerprint density at radius 1 is 1.00 bits per heavy atom. The second-order valence-electron chi connectivity index (χ2n) is 9.01. The normalized spacial score (nSPS) is 13.6. The van der Waals surface area contributed by atoms with Crippen LogP contribution in [-0.2, 0) is 26.1 Å². The molecule has 0 spiro atoms. The molecule has 4 heteroatoms. The molecule has 0 saturated heterocycles. The fraction of sp³-hybridized carbons (Fsp3) is 0.200. The van der Waals surface area contributed by atoms with E-state index in [0.717, 1.165) is 32.6 Å². The molecule has 0 fully saturated rings. The smallest absolute Gasteiger partial charge is 0.0991 e. The summed E-state index contributed by atoms with van der Waals surface area (Å²) >= 11 is 0. The zero-order chi connectivity index (χ0) is 23.3. The summed E-state index contributed by atoms with van der Waals surface area (Å²) in [5.41, 5.74) is 9.80. The first-order valence-electron chi connectivity index (χ1n) is 11.7. The number of hydrogen-bond donors (Lipinski definition) is 0. The monoisotopic (exact) mass is 444 g/mol. The van der Waals surface area contributed by atoms with Crippen molar-refractivity contribution in [3.05, 3.63) is 124 Å². The number of benzene rings is 3. The number of aromatic nitrogens is 2. The lowest BCUT2D eigenvalue weighted by molar-refractivity contribution is 0.239. The number of nitrogens with zero attached hydrogens (tertiary/aromatic N) is 4. The molecule has 5 rings (SSSR count). The number of imidazole rings is 1. The highest BCUT2D eigenvalue weighted by atomic mass is 15.2. The van der Waals surface area contributed by atoms with Gasteiger partial charge in [-0.15, -0.1) is 0 Å². The van der Waals surface area contributed by atoms with Gasteiger partial charge < -0.3 is 4.57 Å². The third-order valence-corrected chi connectivity index (χ3v) is 6.50. The predicted octanol–water partition coefficient (Wildman–Crippen LogP) is 5.84. The number of nitriles is 1. The molecule has 4 aromatic rings. The maximum absolute atomic E-state index is 9.02. The molecular formula is C30H28N4. The average molecular weight is 445 g/mol. The van der Waals surface area contributed by atoms with Crippen LogP contribution in [0.2, 0.25) is 0 Å². The Kier molecular flexibility index (Phi) is 6.38. The topological polar surface area (TPSA) is 44.9 Å². The van der Waals surface area contributed by atoms with E-state index >= 15 is 0 Å². The van der Waals surface area contributed by atoms with Crippen LogP contribution in [0.4, 0.5) is 0 Å². The van der Waals surface area contributed by atoms with E-state index in [2.05, 4.69) is 82.1 Å². The van der Waals surface area contributed by atoms with Gasteiger partial charge in [-0.2, -0.15) is 5.26 Å². The molecule has 3 aromatic carbocycles. The maximum atomic E-state index is 9.02. The van der Waals surface area contributed by atoms with Gasteiger partial charge in [0.1, 0.15) is 0 Å². The van der Waals surface area contributed by atoms with Crippen LogP contribution < -0.4 is 0 Å². The first-order valence-corrected chi connectivity index (χ1v) is 11.7. The van der Waals surface area contributed by atoms with Gasteiger partial charge in [-0.05, 0) is 53.3 Å². The molecular weight excluding hydrogens is 416 g/mol. The minimum Gasteiger partial charge on any atom is -0.329 e. The Morgan fingerprint density at radius 2 is 1.85 bits per heavy atom. The van der Waals surface area contributed by atoms with E-state index in [4.69, 9.17) is 5.26 Å². The molecule has 1 aliphatic heterocycles. The van der Waals surface area contributed by atoms with Gasteiger partial charge in [0.25, 0.3) is 0 Å². The first kappa shape index (κ1) is 21.9. The molecule has 34 heavy (non-hydrogen) atoms. The van der Waals surface area contributed by atoms with Gasteiger partial charge in [-0.1, -0.05) is 72.3 Å². The second-order valence-corrected chi connectivity index (χ2v) is 9.01. The summed E-state index contributed by atoms with van der Waals surface area (Å²) in [6.45, 7) is 5.75. The van der Waals surface area contributed by atoms with Crippen molar-refractivity contribution < 1.29 is 0 Å². The molecule has 0 radical (unpaired) electrons. The van der Waals surface area contributed by atoms with Gasteiger partial charge in [-0.3, -0.25) is 4.90 Å². The molecule has 0 aliphatic carbocycles. The predicted molar refractivity (Wildman–Crippen MR) is 137 cm³/mol. The van der Waals surface area contributed by atoms with Gasteiger partial charge in [0.15, 0.2) is 0 Å². The van der Waals surface area contributed by atoms with E-state index < -0.39 is 0 Å². The number of fused-ring (bicyclic) bond motifs is 1. The van der Waals surface area contributed by atoms with Crippen LogP contribution in [0.1, 0.15) is 44.6 Å². The standard InChI is InChI=1S/C30H28N4/c1-23-4-2-5-24(16-23)12-13-27-6-3-7-28-20-33(15-14-30(27)28)21-29-18-32-22-34(29)19-26-10-8-25(17-31)9-11-26/h2-13,16,18,22H,14-15,19-21H2,1H3/b13-12+. The summed E-state index contributed by atoms with van der Waals surface area (Å²) in [5, 5.41) is 9.02. The zero-order valence-electron chi connectivity index (χ0n) is 19.5. The molecule has 0 saturated carbocycles. The molecule has 168 valence electrons. The fourth-order valence-corrected chi connectivity index (χ4v) is 4.68. The molecule has 2 heterocycles. The van der Waals surface area contributed by atoms with E-state index in [0.29, 0.717) is 5.56 Å². The van der Waals surface area contributed by atoms with Crippen LogP contribution in [0.25, 0.3) is 12.2 Å². The van der Waals surface area contributed by atoms with Crippen LogP contribution in [0.5, 0.6) is 0 Å². The van der Waals surface area contributed by atoms with E-state index in [1.807, 2.05) is 36.8 Å². The maximum Gasteiger partial charge on any atom is 0.0991 e. The van der Waals surface area contributed by atoms with Crippen molar-refractivity contribution in [2.45, 2.75) is 33.0 Å². The van der Waals surface area contributed by atoms with E-state index in [1.54, 1.807) is 0 Å². The molecule has 1 aromatic heterocycles. The van der Waals surface area contributed by atoms with Crippen molar-refractivity contribution in [1.82, 2.24) is 14.5 Å². The van der Waals surface area contributed by atoms with Gasteiger partial charge in [-0.25, -0.2) is 4.98 Å². The summed E-state index contributed by atoms with van der Waals surface area (Å²) in [7, 11) is 0. The molecule has 0 bridgehead atoms. The first-order chi connectivity index (χ1) is 16.7. The quantitative estimate of drug-likeness (QED) is 0.351. The zero-order valence-corrected chi connectivity index (χ0v) is 19.5. The summed E-state index contributed by atoms with van der Waals surface area (Å²) in [6, 6.07) is 25.2. The summed E-state index contributed by atoms with van der Waals surface area (Å²) in [5.74, 6) is 0. The summed E-state index contributed by atoms with van der Waals surface area (Å²) in [6.07, 6.45) is 9.40. The molecule has 0 N–H and O–H groups in total. The Balaban J connectivity index is 1.28. The Hall–Kier alpha value is -3.94. The van der Waals surface area contributed by atoms with Gasteiger partial charge >= 0.3 is 0 Å². The minimum atomic E-state index is 0.690. The van der Waals surface area contributed by atoms with Crippen molar-refractivity contribution in [2.75, 3.05) is 6.54 Å². The number of aryl methyl sites for hydroxylation is 1. The van der Waals surface area contributed by atoms with E-state index in [9.17, 15) is 0 Å². The van der Waals surface area contributed by atoms with Crippen molar-refractivity contribution in [3.63, 3.8) is 0 Å². The Labute approximate surface area is 201 Å². The average Bonchev–Trinajstić information content (AvgIpc) is 3.29. The van der Waals surface area contributed by atoms with Crippen molar-refractivity contribution in [2.24, 2.45) is 0 Å². The molecule has 1 aliphatic rings. The highest BCUT2D eigenvalue weighted by Crippen LogP contribution is 2.25. The van der Waals surface area contributed by atoms with Crippen molar-refractivity contribution in [3.8, 4) is 6.07 Å². The van der Waals surface area contributed by atoms with Gasteiger partial charge in [0, 0.05) is 32.4 Å². The summed E-state index contributed by atoms with van der Waals surface area (Å²) in [4.78, 5) is 6.91. The van der Waals surface area contributed by atoms with Crippen molar-refractivity contribution in [1.29, 1.82) is 5.26 Å².